The Balaban J connectivity index is 0.00000450. The van der Waals surface area contributed by atoms with Crippen molar-refractivity contribution >= 4 is 29.9 Å². The molecule has 0 saturated heterocycles. The van der Waals surface area contributed by atoms with Crippen LogP contribution < -0.4 is 20.1 Å². The van der Waals surface area contributed by atoms with Gasteiger partial charge in [-0.05, 0) is 36.8 Å². The molecule has 0 aromatic heterocycles. The summed E-state index contributed by atoms with van der Waals surface area (Å²) < 4.78 is 47.6. The second-order valence-electron chi connectivity index (χ2n) is 6.29. The molecule has 30 heavy (non-hydrogen) atoms. The van der Waals surface area contributed by atoms with Gasteiger partial charge in [0.25, 0.3) is 0 Å². The molecule has 0 fully saturated rings. The van der Waals surface area contributed by atoms with Crippen molar-refractivity contribution in [3.8, 4) is 17.2 Å². The number of aliphatic imine (C=N–C) groups is 1. The van der Waals surface area contributed by atoms with Crippen LogP contribution in [-0.2, 0) is 13.1 Å². The van der Waals surface area contributed by atoms with E-state index < -0.39 is 12.8 Å². The van der Waals surface area contributed by atoms with Crippen LogP contribution in [0.2, 0.25) is 0 Å². The maximum atomic E-state index is 12.5. The molecule has 0 amide bonds. The summed E-state index contributed by atoms with van der Waals surface area (Å²) in [5.74, 6) is 1.29. The van der Waals surface area contributed by atoms with Crippen LogP contribution in [0.1, 0.15) is 16.7 Å². The molecule has 0 aliphatic heterocycles. The number of nitrogens with zero attached hydrogens (tertiary/aromatic N) is 1. The number of aromatic hydroxyl groups is 1. The fourth-order valence-corrected chi connectivity index (χ4v) is 2.51. The van der Waals surface area contributed by atoms with E-state index in [0.29, 0.717) is 22.8 Å². The molecular weight excluding hydrogens is 514 g/mol. The molecule has 0 heterocycles. The normalized spacial score (nSPS) is 11.5. The zero-order valence-corrected chi connectivity index (χ0v) is 19.2. The number of phenols is 1. The monoisotopic (exact) mass is 539 g/mol. The summed E-state index contributed by atoms with van der Waals surface area (Å²) in [6, 6.07) is 9.93. The van der Waals surface area contributed by atoms with E-state index in [1.165, 1.54) is 13.2 Å². The fraction of sp³-hybridized carbons (Fsp3) is 0.350. The van der Waals surface area contributed by atoms with Crippen LogP contribution in [0.4, 0.5) is 13.2 Å². The minimum absolute atomic E-state index is 0. The minimum Gasteiger partial charge on any atom is -0.508 e. The second kappa shape index (κ2) is 11.7. The summed E-state index contributed by atoms with van der Waals surface area (Å²) in [5.41, 5.74) is 1.96. The van der Waals surface area contributed by atoms with Gasteiger partial charge in [-0.1, -0.05) is 12.1 Å². The van der Waals surface area contributed by atoms with Crippen molar-refractivity contribution in [1.29, 1.82) is 0 Å². The zero-order chi connectivity index (χ0) is 21.4. The predicted molar refractivity (Wildman–Crippen MR) is 120 cm³/mol. The average Bonchev–Trinajstić information content (AvgIpc) is 2.68. The van der Waals surface area contributed by atoms with Gasteiger partial charge in [-0.3, -0.25) is 4.99 Å². The molecule has 0 aliphatic rings. The quantitative estimate of drug-likeness (QED) is 0.281. The van der Waals surface area contributed by atoms with Gasteiger partial charge in [0.2, 0.25) is 0 Å². The lowest BCUT2D eigenvalue weighted by atomic mass is 10.1. The third-order valence-corrected chi connectivity index (χ3v) is 4.02. The van der Waals surface area contributed by atoms with Gasteiger partial charge in [-0.2, -0.15) is 13.2 Å². The Morgan fingerprint density at radius 2 is 1.73 bits per heavy atom. The number of nitrogens with one attached hydrogen (secondary N) is 2. The molecule has 0 atom stereocenters. The summed E-state index contributed by atoms with van der Waals surface area (Å²) >= 11 is 0. The highest BCUT2D eigenvalue weighted by molar-refractivity contribution is 14.0. The van der Waals surface area contributed by atoms with Crippen LogP contribution >= 0.6 is 24.0 Å². The van der Waals surface area contributed by atoms with Crippen LogP contribution in [0.15, 0.2) is 41.4 Å². The van der Waals surface area contributed by atoms with E-state index in [2.05, 4.69) is 15.6 Å². The highest BCUT2D eigenvalue weighted by atomic mass is 127. The topological polar surface area (TPSA) is 75.1 Å². The van der Waals surface area contributed by atoms with Crippen LogP contribution in [0.5, 0.6) is 17.2 Å². The van der Waals surface area contributed by atoms with E-state index in [9.17, 15) is 18.3 Å². The highest BCUT2D eigenvalue weighted by Crippen LogP contribution is 2.24. The molecule has 0 saturated carbocycles. The van der Waals surface area contributed by atoms with Crippen LogP contribution in [-0.4, -0.2) is 38.0 Å². The third-order valence-electron chi connectivity index (χ3n) is 4.02. The molecule has 0 radical (unpaired) electrons. The number of hydrogen-bond donors (Lipinski definition) is 3. The van der Waals surface area contributed by atoms with E-state index in [-0.39, 0.29) is 48.6 Å². The highest BCUT2D eigenvalue weighted by Gasteiger charge is 2.28. The Bertz CT molecular complexity index is 861. The molecule has 0 unspecified atom stereocenters. The lowest BCUT2D eigenvalue weighted by Gasteiger charge is -2.16. The van der Waals surface area contributed by atoms with Crippen LogP contribution in [0.25, 0.3) is 0 Å². The van der Waals surface area contributed by atoms with Gasteiger partial charge in [-0.15, -0.1) is 24.0 Å². The molecule has 2 aromatic rings. The first-order chi connectivity index (χ1) is 13.7. The number of halogens is 4. The molecule has 3 N–H and O–H groups in total. The number of rotatable bonds is 7. The Labute approximate surface area is 190 Å². The predicted octanol–water partition coefficient (Wildman–Crippen LogP) is 4.13. The van der Waals surface area contributed by atoms with Crippen molar-refractivity contribution in [2.45, 2.75) is 26.2 Å². The van der Waals surface area contributed by atoms with E-state index >= 15 is 0 Å². The van der Waals surface area contributed by atoms with E-state index in [1.807, 2.05) is 0 Å². The van der Waals surface area contributed by atoms with Gasteiger partial charge in [0.15, 0.2) is 12.6 Å². The van der Waals surface area contributed by atoms with Crippen molar-refractivity contribution in [2.75, 3.05) is 20.8 Å². The summed E-state index contributed by atoms with van der Waals surface area (Å²) in [7, 11) is 3.10. The Hall–Kier alpha value is -2.37. The first-order valence-electron chi connectivity index (χ1n) is 8.81. The van der Waals surface area contributed by atoms with Gasteiger partial charge in [-0.25, -0.2) is 0 Å². The molecular formula is C20H25F3IN3O3. The summed E-state index contributed by atoms with van der Waals surface area (Å²) in [6.45, 7) is 0.898. The van der Waals surface area contributed by atoms with Crippen molar-refractivity contribution in [3.05, 3.63) is 53.1 Å². The SMILES string of the molecule is CN=C(NCc1cc(OC)ccc1O)NCc1ccc(C)cc1OCC(F)(F)F.I. The molecule has 2 aromatic carbocycles. The lowest BCUT2D eigenvalue weighted by molar-refractivity contribution is -0.153. The van der Waals surface area contributed by atoms with Gasteiger partial charge >= 0.3 is 6.18 Å². The Morgan fingerprint density at radius 3 is 2.33 bits per heavy atom. The van der Waals surface area contributed by atoms with Crippen molar-refractivity contribution < 1.29 is 27.8 Å². The van der Waals surface area contributed by atoms with Crippen molar-refractivity contribution in [1.82, 2.24) is 10.6 Å². The standard InChI is InChI=1S/C20H24F3N3O3.HI/c1-13-4-5-14(18(8-13)29-12-20(21,22)23)10-25-19(24-2)26-11-15-9-16(28-3)6-7-17(15)27;/h4-9,27H,10-12H2,1-3H3,(H2,24,25,26);1H. The van der Waals surface area contributed by atoms with Gasteiger partial charge < -0.3 is 25.2 Å². The maximum Gasteiger partial charge on any atom is 0.422 e. The van der Waals surface area contributed by atoms with Crippen molar-refractivity contribution in [2.24, 2.45) is 4.99 Å². The van der Waals surface area contributed by atoms with E-state index in [1.54, 1.807) is 44.3 Å². The fourth-order valence-electron chi connectivity index (χ4n) is 2.51. The molecule has 166 valence electrons. The van der Waals surface area contributed by atoms with E-state index in [0.717, 1.165) is 5.56 Å². The van der Waals surface area contributed by atoms with Crippen molar-refractivity contribution in [3.63, 3.8) is 0 Å². The number of ether oxygens (including phenoxy) is 2. The number of guanidine groups is 1. The smallest absolute Gasteiger partial charge is 0.422 e. The molecule has 0 spiro atoms. The number of alkyl halides is 3. The van der Waals surface area contributed by atoms with Gasteiger partial charge in [0.1, 0.15) is 17.2 Å². The maximum absolute atomic E-state index is 12.5. The average molecular weight is 539 g/mol. The Morgan fingerprint density at radius 1 is 1.07 bits per heavy atom. The largest absolute Gasteiger partial charge is 0.508 e. The lowest BCUT2D eigenvalue weighted by Crippen LogP contribution is -2.36. The number of phenolic OH excluding ortho intramolecular Hbond substituents is 1. The molecule has 0 aliphatic carbocycles. The van der Waals surface area contributed by atoms with E-state index in [4.69, 9.17) is 9.47 Å². The molecule has 6 nitrogen and oxygen atoms in total. The van der Waals surface area contributed by atoms with Crippen LogP contribution in [0.3, 0.4) is 0 Å². The second-order valence-corrected chi connectivity index (χ2v) is 6.29. The minimum atomic E-state index is -4.41. The molecule has 10 heteroatoms. The van der Waals surface area contributed by atoms with Crippen LogP contribution in [0, 0.1) is 6.92 Å². The summed E-state index contributed by atoms with van der Waals surface area (Å²) in [4.78, 5) is 4.08. The molecule has 0 bridgehead atoms. The summed E-state index contributed by atoms with van der Waals surface area (Å²) in [6.07, 6.45) is -4.41. The number of benzene rings is 2. The number of methoxy groups -OCH3 is 1. The zero-order valence-electron chi connectivity index (χ0n) is 16.8. The van der Waals surface area contributed by atoms with Gasteiger partial charge in [0.05, 0.1) is 7.11 Å². The first-order valence-corrected chi connectivity index (χ1v) is 8.81. The molecule has 2 rings (SSSR count). The first kappa shape index (κ1) is 25.7. The summed E-state index contributed by atoms with van der Waals surface area (Å²) in [5, 5.41) is 16.0. The number of hydrogen-bond acceptors (Lipinski definition) is 4. The number of aryl methyl sites for hydroxylation is 1. The van der Waals surface area contributed by atoms with Gasteiger partial charge in [0, 0.05) is 31.3 Å². The Kier molecular flexibility index (Phi) is 10.0. The third kappa shape index (κ3) is 8.17.